The molecule has 0 aliphatic carbocycles. The summed E-state index contributed by atoms with van der Waals surface area (Å²) in [4.78, 5) is 48.7. The highest BCUT2D eigenvalue weighted by Gasteiger charge is 2.38. The maximum Gasteiger partial charge on any atom is 0.343 e. The van der Waals surface area contributed by atoms with Crippen LogP contribution in [-0.4, -0.2) is 69.4 Å². The van der Waals surface area contributed by atoms with Crippen LogP contribution in [0.3, 0.4) is 0 Å². The van der Waals surface area contributed by atoms with E-state index in [0.717, 1.165) is 48.8 Å². The van der Waals surface area contributed by atoms with E-state index in [1.807, 2.05) is 25.1 Å². The highest BCUT2D eigenvalue weighted by atomic mass is 127. The lowest BCUT2D eigenvalue weighted by molar-refractivity contribution is -0.947. The third-order valence-corrected chi connectivity index (χ3v) is 10.6. The first-order valence-corrected chi connectivity index (χ1v) is 21.3. The van der Waals surface area contributed by atoms with E-state index in [0.29, 0.717) is 63.7 Å². The second kappa shape index (κ2) is 25.1. The van der Waals surface area contributed by atoms with Crippen LogP contribution in [0.1, 0.15) is 89.9 Å². The third-order valence-electron chi connectivity index (χ3n) is 9.91. The summed E-state index contributed by atoms with van der Waals surface area (Å²) in [6.45, 7) is 6.36. The van der Waals surface area contributed by atoms with Crippen molar-refractivity contribution in [2.75, 3.05) is 26.7 Å². The van der Waals surface area contributed by atoms with Crippen molar-refractivity contribution in [1.29, 1.82) is 0 Å². The third kappa shape index (κ3) is 14.9. The van der Waals surface area contributed by atoms with Crippen molar-refractivity contribution in [2.24, 2.45) is 0 Å². The van der Waals surface area contributed by atoms with E-state index in [1.54, 1.807) is 91.0 Å². The van der Waals surface area contributed by atoms with Gasteiger partial charge in [0.1, 0.15) is 23.7 Å². The zero-order valence-electron chi connectivity index (χ0n) is 34.6. The van der Waals surface area contributed by atoms with E-state index < -0.39 is 17.2 Å². The zero-order valence-corrected chi connectivity index (χ0v) is 38.3. The lowest BCUT2D eigenvalue weighted by Crippen LogP contribution is -3.00. The molecule has 2 unspecified atom stereocenters. The predicted octanol–water partition coefficient (Wildman–Crippen LogP) is 6.69. The molecule has 0 saturated carbocycles. The van der Waals surface area contributed by atoms with Crippen molar-refractivity contribution >= 4 is 52.1 Å². The van der Waals surface area contributed by atoms with Gasteiger partial charge in [0.15, 0.2) is 0 Å². The van der Waals surface area contributed by atoms with Crippen LogP contribution < -0.4 is 38.2 Å². The molecule has 0 bridgehead atoms. The molecule has 6 rings (SSSR count). The predicted molar refractivity (Wildman–Crippen MR) is 232 cm³/mol. The van der Waals surface area contributed by atoms with Crippen molar-refractivity contribution in [2.45, 2.75) is 71.4 Å². The monoisotopic (exact) mass is 979 g/mol. The minimum Gasteiger partial charge on any atom is -1.00 e. The minimum atomic E-state index is -0.497. The normalized spacial score (nSPS) is 14.8. The fourth-order valence-electron chi connectivity index (χ4n) is 6.77. The number of hydrogen-bond donors (Lipinski definition) is 0. The van der Waals surface area contributed by atoms with Crippen LogP contribution in [0.2, 0.25) is 0 Å². The number of ether oxygens (including phenoxy) is 4. The van der Waals surface area contributed by atoms with Gasteiger partial charge in [-0.15, -0.1) is 4.37 Å². The van der Waals surface area contributed by atoms with Gasteiger partial charge in [-0.05, 0) is 54.4 Å². The molecule has 2 atom stereocenters. The number of carbonyl (C=O) groups excluding carboxylic acids is 4. The molecule has 2 heterocycles. The standard InChI is InChI=1S/C32H40N3O5S.C15H11ClO3.HI/c1-4-6-7-13-21-38-31-30(33-41-34-31)26-18-14-20-35(3,23-26)28(5-2)40-29(36)22-25-17-11-12-19-27(25)39-32(37)24-15-9-8-10-16-24;16-14(17)10-12-8-4-5-9-13(12)19-15(18)11-6-2-1-3-7-11;/h8-12,15-19,28H,4-7,13-14,20-23H2,1-3H3;1-9H,10H2;1H/q+1;;/p-1. The molecule has 0 spiro atoms. The number of rotatable bonds is 18. The minimum absolute atomic E-state index is 0. The smallest absolute Gasteiger partial charge is 0.343 e. The Morgan fingerprint density at radius 1 is 0.738 bits per heavy atom. The van der Waals surface area contributed by atoms with Gasteiger partial charge in [0, 0.05) is 29.5 Å². The Morgan fingerprint density at radius 3 is 1.85 bits per heavy atom. The number of esters is 3. The lowest BCUT2D eigenvalue weighted by atomic mass is 10.0. The molecule has 0 amide bonds. The molecule has 4 aromatic carbocycles. The number of likely N-dealkylation sites (N-methyl/N-ethyl adjacent to an activating group) is 1. The van der Waals surface area contributed by atoms with Crippen LogP contribution >= 0.6 is 23.3 Å². The summed E-state index contributed by atoms with van der Waals surface area (Å²) in [6.07, 6.45) is 7.93. The Labute approximate surface area is 384 Å². The zero-order chi connectivity index (χ0) is 42.7. The van der Waals surface area contributed by atoms with Gasteiger partial charge in [0.05, 0.1) is 55.9 Å². The maximum atomic E-state index is 13.2. The van der Waals surface area contributed by atoms with Crippen LogP contribution in [0.25, 0.3) is 5.57 Å². The van der Waals surface area contributed by atoms with Crippen molar-refractivity contribution < 1.29 is 66.6 Å². The summed E-state index contributed by atoms with van der Waals surface area (Å²) in [5.74, 6) is 0.0119. The number of carbonyl (C=O) groups is 4. The largest absolute Gasteiger partial charge is 1.00 e. The second-order valence-electron chi connectivity index (χ2n) is 14.5. The van der Waals surface area contributed by atoms with Gasteiger partial charge in [0.2, 0.25) is 11.5 Å². The van der Waals surface area contributed by atoms with Crippen LogP contribution in [0, 0.1) is 0 Å². The number of quaternary nitrogens is 1. The van der Waals surface area contributed by atoms with E-state index in [9.17, 15) is 19.2 Å². The summed E-state index contributed by atoms with van der Waals surface area (Å²) in [5, 5.41) is -0.497. The Kier molecular flexibility index (Phi) is 20.0. The molecule has 14 heteroatoms. The number of halogens is 2. The number of benzene rings is 4. The first-order valence-electron chi connectivity index (χ1n) is 20.2. The van der Waals surface area contributed by atoms with E-state index in [1.165, 1.54) is 12.8 Å². The fourth-order valence-corrected chi connectivity index (χ4v) is 7.44. The average Bonchev–Trinajstić information content (AvgIpc) is 3.73. The molecular formula is C47H51ClIN3O8S. The van der Waals surface area contributed by atoms with Crippen LogP contribution in [0.4, 0.5) is 0 Å². The molecule has 1 aromatic heterocycles. The number of unbranched alkanes of at least 4 members (excludes halogenated alkanes) is 3. The van der Waals surface area contributed by atoms with Crippen LogP contribution in [-0.2, 0) is 27.2 Å². The second-order valence-corrected chi connectivity index (χ2v) is 15.4. The van der Waals surface area contributed by atoms with E-state index >= 15 is 0 Å². The van der Waals surface area contributed by atoms with Gasteiger partial charge in [0.25, 0.3) is 5.88 Å². The number of aromatic nitrogens is 2. The van der Waals surface area contributed by atoms with Gasteiger partial charge in [-0.25, -0.2) is 9.59 Å². The number of nitrogens with zero attached hydrogens (tertiary/aromatic N) is 3. The van der Waals surface area contributed by atoms with Gasteiger partial charge in [-0.3, -0.25) is 14.1 Å². The van der Waals surface area contributed by atoms with Gasteiger partial charge >= 0.3 is 17.9 Å². The fraction of sp³-hybridized carbons (Fsp3) is 0.319. The SMILES string of the molecule is CCCCCCOc1nsnc1C1=CCC[N+](C)(C(CC)OC(=O)Cc2ccccc2OC(=O)c2ccccc2)C1.O=C(Cl)Cc1ccccc1OC(=O)c1ccccc1.[I-]. The lowest BCUT2D eigenvalue weighted by Gasteiger charge is -2.42. The Balaban J connectivity index is 0.000000343. The van der Waals surface area contributed by atoms with Crippen LogP contribution in [0.5, 0.6) is 17.4 Å². The molecule has 61 heavy (non-hydrogen) atoms. The quantitative estimate of drug-likeness (QED) is 0.0234. The molecule has 11 nitrogen and oxygen atoms in total. The molecule has 0 fully saturated rings. The highest BCUT2D eigenvalue weighted by Crippen LogP contribution is 2.33. The van der Waals surface area contributed by atoms with Gasteiger partial charge in [-0.1, -0.05) is 112 Å². The molecule has 0 saturated heterocycles. The summed E-state index contributed by atoms with van der Waals surface area (Å²) >= 11 is 6.52. The first-order chi connectivity index (χ1) is 29.1. The van der Waals surface area contributed by atoms with Gasteiger partial charge in [-0.2, -0.15) is 4.37 Å². The summed E-state index contributed by atoms with van der Waals surface area (Å²) in [7, 11) is 2.12. The average molecular weight is 980 g/mol. The molecule has 322 valence electrons. The maximum absolute atomic E-state index is 13.2. The molecule has 0 N–H and O–H groups in total. The Bertz CT molecular complexity index is 2220. The van der Waals surface area contributed by atoms with Crippen molar-refractivity contribution in [1.82, 2.24) is 8.75 Å². The van der Waals surface area contributed by atoms with Crippen molar-refractivity contribution in [3.05, 3.63) is 143 Å². The molecule has 0 radical (unpaired) electrons. The number of hydrogen-bond acceptors (Lipinski definition) is 11. The summed E-state index contributed by atoms with van der Waals surface area (Å²) in [5.41, 5.74) is 3.96. The number of para-hydroxylation sites is 2. The summed E-state index contributed by atoms with van der Waals surface area (Å²) in [6, 6.07) is 31.4. The molecule has 5 aromatic rings. The summed E-state index contributed by atoms with van der Waals surface area (Å²) < 4.78 is 32.5. The molecule has 1 aliphatic heterocycles. The van der Waals surface area contributed by atoms with E-state index in [2.05, 4.69) is 28.8 Å². The van der Waals surface area contributed by atoms with Crippen molar-refractivity contribution in [3.8, 4) is 17.4 Å². The Morgan fingerprint density at radius 2 is 1.30 bits per heavy atom. The van der Waals surface area contributed by atoms with E-state index in [4.69, 9.17) is 30.5 Å². The topological polar surface area (TPSA) is 131 Å². The van der Waals surface area contributed by atoms with Crippen molar-refractivity contribution in [3.63, 3.8) is 0 Å². The molecular weight excluding hydrogens is 929 g/mol. The first kappa shape index (κ1) is 48.7. The van der Waals surface area contributed by atoms with Gasteiger partial charge < -0.3 is 42.9 Å². The molecule has 1 aliphatic rings. The van der Waals surface area contributed by atoms with Crippen LogP contribution in [0.15, 0.2) is 115 Å². The highest BCUT2D eigenvalue weighted by molar-refractivity contribution is 6.99. The van der Waals surface area contributed by atoms with E-state index in [-0.39, 0.29) is 49.0 Å². The Hall–Kier alpha value is -4.96.